The van der Waals surface area contributed by atoms with E-state index < -0.39 is 5.82 Å². The van der Waals surface area contributed by atoms with Gasteiger partial charge in [0.15, 0.2) is 11.6 Å². The molecule has 2 N–H and O–H groups in total. The lowest BCUT2D eigenvalue weighted by Crippen LogP contribution is -1.93. The third kappa shape index (κ3) is 2.53. The van der Waals surface area contributed by atoms with E-state index in [1.165, 1.54) is 36.4 Å². The average Bonchev–Trinajstić information content (AvgIpc) is 2.25. The quantitative estimate of drug-likeness (QED) is 0.806. The van der Waals surface area contributed by atoms with Crippen LogP contribution in [-0.4, -0.2) is 0 Å². The van der Waals surface area contributed by atoms with Gasteiger partial charge in [0.1, 0.15) is 11.6 Å². The van der Waals surface area contributed by atoms with Crippen molar-refractivity contribution < 1.29 is 13.5 Å². The fourth-order valence-electron chi connectivity index (χ4n) is 1.45. The van der Waals surface area contributed by atoms with E-state index in [9.17, 15) is 8.78 Å². The standard InChI is InChI=1S/C13H11F2NO/c1-8-6-9(14)2-4-12(8)17-13-5-3-10(16)7-11(13)15/h2-7H,16H2,1H3. The molecular formula is C13H11F2NO. The second-order valence-corrected chi connectivity index (χ2v) is 3.70. The first-order valence-corrected chi connectivity index (χ1v) is 5.05. The van der Waals surface area contributed by atoms with Crippen molar-refractivity contribution in [1.29, 1.82) is 0 Å². The Morgan fingerprint density at radius 3 is 2.35 bits per heavy atom. The third-order valence-electron chi connectivity index (χ3n) is 2.31. The molecule has 88 valence electrons. The molecule has 0 aromatic heterocycles. The van der Waals surface area contributed by atoms with Crippen molar-refractivity contribution in [1.82, 2.24) is 0 Å². The first-order chi connectivity index (χ1) is 8.06. The fourth-order valence-corrected chi connectivity index (χ4v) is 1.45. The number of rotatable bonds is 2. The zero-order valence-corrected chi connectivity index (χ0v) is 9.21. The van der Waals surface area contributed by atoms with E-state index >= 15 is 0 Å². The molecule has 2 nitrogen and oxygen atoms in total. The number of anilines is 1. The number of hydrogen-bond donors (Lipinski definition) is 1. The molecule has 2 rings (SSSR count). The second-order valence-electron chi connectivity index (χ2n) is 3.70. The molecule has 0 aliphatic heterocycles. The van der Waals surface area contributed by atoms with Gasteiger partial charge in [0.05, 0.1) is 0 Å². The zero-order valence-electron chi connectivity index (χ0n) is 9.21. The first kappa shape index (κ1) is 11.4. The highest BCUT2D eigenvalue weighted by Gasteiger charge is 2.07. The summed E-state index contributed by atoms with van der Waals surface area (Å²) in [5, 5.41) is 0. The molecule has 0 saturated carbocycles. The molecule has 0 radical (unpaired) electrons. The molecule has 0 bridgehead atoms. The average molecular weight is 235 g/mol. The summed E-state index contributed by atoms with van der Waals surface area (Å²) < 4.78 is 31.7. The number of hydrogen-bond acceptors (Lipinski definition) is 2. The summed E-state index contributed by atoms with van der Waals surface area (Å²) in [6, 6.07) is 8.20. The summed E-state index contributed by atoms with van der Waals surface area (Å²) in [4.78, 5) is 0. The molecule has 0 fully saturated rings. The largest absolute Gasteiger partial charge is 0.454 e. The number of benzene rings is 2. The molecule has 4 heteroatoms. The van der Waals surface area contributed by atoms with Crippen LogP contribution in [0.2, 0.25) is 0 Å². The van der Waals surface area contributed by atoms with Crippen LogP contribution in [-0.2, 0) is 0 Å². The fraction of sp³-hybridized carbons (Fsp3) is 0.0769. The molecule has 0 aliphatic rings. The lowest BCUT2D eigenvalue weighted by molar-refractivity contribution is 0.438. The van der Waals surface area contributed by atoms with Crippen LogP contribution in [0.1, 0.15) is 5.56 Å². The Labute approximate surface area is 97.6 Å². The predicted molar refractivity (Wildman–Crippen MR) is 62.0 cm³/mol. The Morgan fingerprint density at radius 2 is 1.71 bits per heavy atom. The molecule has 0 unspecified atom stereocenters. The van der Waals surface area contributed by atoms with Gasteiger partial charge in [0, 0.05) is 11.8 Å². The van der Waals surface area contributed by atoms with Crippen molar-refractivity contribution in [3.63, 3.8) is 0 Å². The van der Waals surface area contributed by atoms with Crippen molar-refractivity contribution in [2.75, 3.05) is 5.73 Å². The monoisotopic (exact) mass is 235 g/mol. The van der Waals surface area contributed by atoms with Crippen molar-refractivity contribution >= 4 is 5.69 Å². The van der Waals surface area contributed by atoms with Crippen molar-refractivity contribution in [3.8, 4) is 11.5 Å². The summed E-state index contributed by atoms with van der Waals surface area (Å²) in [5.41, 5.74) is 6.35. The number of nitrogens with two attached hydrogens (primary N) is 1. The van der Waals surface area contributed by atoms with E-state index in [0.717, 1.165) is 0 Å². The SMILES string of the molecule is Cc1cc(F)ccc1Oc1ccc(N)cc1F. The Morgan fingerprint density at radius 1 is 1.00 bits per heavy atom. The molecule has 0 heterocycles. The van der Waals surface area contributed by atoms with Gasteiger partial charge in [-0.1, -0.05) is 0 Å². The highest BCUT2D eigenvalue weighted by molar-refractivity contribution is 5.45. The molecule has 0 saturated heterocycles. The van der Waals surface area contributed by atoms with Gasteiger partial charge in [0.25, 0.3) is 0 Å². The van der Waals surface area contributed by atoms with E-state index in [0.29, 0.717) is 17.0 Å². The van der Waals surface area contributed by atoms with Crippen LogP contribution < -0.4 is 10.5 Å². The number of aryl methyl sites for hydroxylation is 1. The number of nitrogen functional groups attached to an aromatic ring is 1. The summed E-state index contributed by atoms with van der Waals surface area (Å²) >= 11 is 0. The summed E-state index contributed by atoms with van der Waals surface area (Å²) in [6.07, 6.45) is 0. The van der Waals surface area contributed by atoms with Crippen LogP contribution in [0.5, 0.6) is 11.5 Å². The van der Waals surface area contributed by atoms with E-state index in [2.05, 4.69) is 0 Å². The van der Waals surface area contributed by atoms with Crippen LogP contribution in [0.4, 0.5) is 14.5 Å². The third-order valence-corrected chi connectivity index (χ3v) is 2.31. The van der Waals surface area contributed by atoms with E-state index in [4.69, 9.17) is 10.5 Å². The molecule has 17 heavy (non-hydrogen) atoms. The smallest absolute Gasteiger partial charge is 0.167 e. The Kier molecular flexibility index (Phi) is 2.95. The topological polar surface area (TPSA) is 35.2 Å². The van der Waals surface area contributed by atoms with Crippen LogP contribution in [0, 0.1) is 18.6 Å². The highest BCUT2D eigenvalue weighted by atomic mass is 19.1. The minimum atomic E-state index is -0.547. The molecule has 0 aliphatic carbocycles. The van der Waals surface area contributed by atoms with Crippen molar-refractivity contribution in [2.24, 2.45) is 0 Å². The molecule has 2 aromatic carbocycles. The van der Waals surface area contributed by atoms with Gasteiger partial charge in [-0.25, -0.2) is 8.78 Å². The molecule has 0 spiro atoms. The van der Waals surface area contributed by atoms with Gasteiger partial charge in [0.2, 0.25) is 0 Å². The van der Waals surface area contributed by atoms with E-state index in [1.807, 2.05) is 0 Å². The Balaban J connectivity index is 2.31. The normalized spacial score (nSPS) is 10.3. The maximum Gasteiger partial charge on any atom is 0.167 e. The summed E-state index contributed by atoms with van der Waals surface area (Å²) in [5.74, 6) is -0.426. The van der Waals surface area contributed by atoms with Gasteiger partial charge in [-0.05, 0) is 42.8 Å². The van der Waals surface area contributed by atoms with Gasteiger partial charge in [-0.3, -0.25) is 0 Å². The first-order valence-electron chi connectivity index (χ1n) is 5.05. The Bertz CT molecular complexity index is 506. The van der Waals surface area contributed by atoms with Gasteiger partial charge >= 0.3 is 0 Å². The maximum absolute atomic E-state index is 13.5. The summed E-state index contributed by atoms with van der Waals surface area (Å²) in [6.45, 7) is 1.69. The van der Waals surface area contributed by atoms with Crippen molar-refractivity contribution in [2.45, 2.75) is 6.92 Å². The van der Waals surface area contributed by atoms with Gasteiger partial charge < -0.3 is 10.5 Å². The predicted octanol–water partition coefficient (Wildman–Crippen LogP) is 3.65. The molecule has 2 aromatic rings. The maximum atomic E-state index is 13.5. The molecular weight excluding hydrogens is 224 g/mol. The second kappa shape index (κ2) is 4.41. The van der Waals surface area contributed by atoms with Crippen LogP contribution >= 0.6 is 0 Å². The molecule has 0 atom stereocenters. The van der Waals surface area contributed by atoms with Crippen LogP contribution in [0.3, 0.4) is 0 Å². The van der Waals surface area contributed by atoms with Gasteiger partial charge in [-0.15, -0.1) is 0 Å². The van der Waals surface area contributed by atoms with E-state index in [-0.39, 0.29) is 11.6 Å². The number of halogens is 2. The van der Waals surface area contributed by atoms with Crippen molar-refractivity contribution in [3.05, 3.63) is 53.6 Å². The lowest BCUT2D eigenvalue weighted by Gasteiger charge is -2.09. The summed E-state index contributed by atoms with van der Waals surface area (Å²) in [7, 11) is 0. The van der Waals surface area contributed by atoms with E-state index in [1.54, 1.807) is 6.92 Å². The highest BCUT2D eigenvalue weighted by Crippen LogP contribution is 2.28. The van der Waals surface area contributed by atoms with Crippen LogP contribution in [0.25, 0.3) is 0 Å². The minimum Gasteiger partial charge on any atom is -0.454 e. The van der Waals surface area contributed by atoms with Crippen LogP contribution in [0.15, 0.2) is 36.4 Å². The lowest BCUT2D eigenvalue weighted by atomic mass is 10.2. The molecule has 0 amide bonds. The Hall–Kier alpha value is -2.10. The number of ether oxygens (including phenoxy) is 1. The zero-order chi connectivity index (χ0) is 12.4. The van der Waals surface area contributed by atoms with Gasteiger partial charge in [-0.2, -0.15) is 0 Å². The minimum absolute atomic E-state index is 0.0638.